The molecule has 1 fully saturated rings. The summed E-state index contributed by atoms with van der Waals surface area (Å²) in [6, 6.07) is 4.85. The van der Waals surface area contributed by atoms with Crippen molar-refractivity contribution in [2.24, 2.45) is 0 Å². The summed E-state index contributed by atoms with van der Waals surface area (Å²) in [5.41, 5.74) is 0.519. The predicted octanol–water partition coefficient (Wildman–Crippen LogP) is 2.91. The molecule has 2 rings (SSSR count). The molecule has 2 nitrogen and oxygen atoms in total. The minimum Gasteiger partial charge on any atom is -0.385 e. The molecule has 1 aliphatic rings. The van der Waals surface area contributed by atoms with E-state index in [0.717, 1.165) is 24.8 Å². The van der Waals surface area contributed by atoms with Crippen molar-refractivity contribution in [3.05, 3.63) is 35.1 Å². The molecule has 1 aliphatic carbocycles. The number of aryl methyl sites for hydroxylation is 1. The summed E-state index contributed by atoms with van der Waals surface area (Å²) in [5.74, 6) is -0.226. The summed E-state index contributed by atoms with van der Waals surface area (Å²) in [7, 11) is 1.67. The molecule has 1 saturated carbocycles. The smallest absolute Gasteiger partial charge is 0.126 e. The zero-order chi connectivity index (χ0) is 12.5. The summed E-state index contributed by atoms with van der Waals surface area (Å²) < 4.78 is 18.6. The minimum absolute atomic E-state index is 0.0964. The van der Waals surface area contributed by atoms with Crippen molar-refractivity contribution in [1.29, 1.82) is 0 Å². The number of hydrogen-bond donors (Lipinski definition) is 1. The Hall–Kier alpha value is -0.930. The Morgan fingerprint density at radius 1 is 1.47 bits per heavy atom. The predicted molar refractivity (Wildman–Crippen MR) is 64.3 cm³/mol. The number of methoxy groups -OCH3 is 1. The first-order chi connectivity index (χ1) is 8.05. The van der Waals surface area contributed by atoms with E-state index >= 15 is 0 Å². The lowest BCUT2D eigenvalue weighted by Crippen LogP contribution is -2.36. The summed E-state index contributed by atoms with van der Waals surface area (Å²) in [5, 5.41) is 10.7. The largest absolute Gasteiger partial charge is 0.385 e. The van der Waals surface area contributed by atoms with E-state index in [2.05, 4.69) is 0 Å². The Morgan fingerprint density at radius 3 is 2.88 bits per heavy atom. The number of aliphatic hydroxyl groups is 1. The van der Waals surface area contributed by atoms with Gasteiger partial charge in [-0.25, -0.2) is 4.39 Å². The van der Waals surface area contributed by atoms with Crippen molar-refractivity contribution >= 4 is 0 Å². The maximum atomic E-state index is 13.2. The van der Waals surface area contributed by atoms with Crippen LogP contribution in [-0.2, 0) is 10.3 Å². The van der Waals surface area contributed by atoms with Gasteiger partial charge in [0.05, 0.1) is 11.7 Å². The SMILES string of the molecule is COC1CCCC(O)(c2ccc(F)c(C)c2)C1. The zero-order valence-electron chi connectivity index (χ0n) is 10.4. The maximum Gasteiger partial charge on any atom is 0.126 e. The summed E-state index contributed by atoms with van der Waals surface area (Å²) in [4.78, 5) is 0. The van der Waals surface area contributed by atoms with Gasteiger partial charge in [0.15, 0.2) is 0 Å². The van der Waals surface area contributed by atoms with Crippen molar-refractivity contribution in [3.63, 3.8) is 0 Å². The Bertz CT molecular complexity index is 405. The fourth-order valence-corrected chi connectivity index (χ4v) is 2.60. The van der Waals surface area contributed by atoms with Crippen LogP contribution in [-0.4, -0.2) is 18.3 Å². The van der Waals surface area contributed by atoms with Gasteiger partial charge in [0.2, 0.25) is 0 Å². The standard InChI is InChI=1S/C14H19FO2/c1-10-8-11(5-6-13(10)15)14(16)7-3-4-12(9-14)17-2/h5-6,8,12,16H,3-4,7,9H2,1-2H3. The second-order valence-corrected chi connectivity index (χ2v) is 4.95. The first kappa shape index (κ1) is 12.5. The Labute approximate surface area is 101 Å². The number of ether oxygens (including phenoxy) is 1. The van der Waals surface area contributed by atoms with Crippen LogP contribution < -0.4 is 0 Å². The maximum absolute atomic E-state index is 13.2. The molecule has 0 aliphatic heterocycles. The van der Waals surface area contributed by atoms with Crippen molar-refractivity contribution in [3.8, 4) is 0 Å². The van der Waals surface area contributed by atoms with Crippen molar-refractivity contribution < 1.29 is 14.2 Å². The molecule has 17 heavy (non-hydrogen) atoms. The Morgan fingerprint density at radius 2 is 2.24 bits per heavy atom. The highest BCUT2D eigenvalue weighted by Gasteiger charge is 2.36. The van der Waals surface area contributed by atoms with Crippen LogP contribution in [0, 0.1) is 12.7 Å². The van der Waals surface area contributed by atoms with E-state index in [1.54, 1.807) is 26.2 Å². The molecule has 0 aromatic heterocycles. The van der Waals surface area contributed by atoms with E-state index in [4.69, 9.17) is 4.74 Å². The number of benzene rings is 1. The Balaban J connectivity index is 2.27. The monoisotopic (exact) mass is 238 g/mol. The summed E-state index contributed by atoms with van der Waals surface area (Å²) in [6.45, 7) is 1.72. The highest BCUT2D eigenvalue weighted by molar-refractivity contribution is 5.29. The topological polar surface area (TPSA) is 29.5 Å². The average Bonchev–Trinajstić information content (AvgIpc) is 2.32. The zero-order valence-corrected chi connectivity index (χ0v) is 10.4. The number of rotatable bonds is 2. The molecule has 1 aromatic rings. The molecule has 0 bridgehead atoms. The van der Waals surface area contributed by atoms with Gasteiger partial charge in [0, 0.05) is 13.5 Å². The third-order valence-corrected chi connectivity index (χ3v) is 3.71. The molecule has 94 valence electrons. The lowest BCUT2D eigenvalue weighted by molar-refractivity contribution is -0.0632. The molecule has 2 atom stereocenters. The second kappa shape index (κ2) is 4.75. The van der Waals surface area contributed by atoms with Crippen LogP contribution in [0.25, 0.3) is 0 Å². The Kier molecular flexibility index (Phi) is 3.50. The van der Waals surface area contributed by atoms with Crippen molar-refractivity contribution in [2.75, 3.05) is 7.11 Å². The quantitative estimate of drug-likeness (QED) is 0.858. The highest BCUT2D eigenvalue weighted by Crippen LogP contribution is 2.38. The van der Waals surface area contributed by atoms with Crippen LogP contribution in [0.15, 0.2) is 18.2 Å². The van der Waals surface area contributed by atoms with Crippen molar-refractivity contribution in [2.45, 2.75) is 44.3 Å². The lowest BCUT2D eigenvalue weighted by Gasteiger charge is -2.36. The number of halogens is 1. The molecule has 0 spiro atoms. The number of hydrogen-bond acceptors (Lipinski definition) is 2. The van der Waals surface area contributed by atoms with E-state index in [0.29, 0.717) is 12.0 Å². The van der Waals surface area contributed by atoms with Crippen LogP contribution in [0.5, 0.6) is 0 Å². The van der Waals surface area contributed by atoms with E-state index in [9.17, 15) is 9.50 Å². The summed E-state index contributed by atoms with van der Waals surface area (Å²) in [6.07, 6.45) is 3.33. The van der Waals surface area contributed by atoms with Crippen LogP contribution in [0.1, 0.15) is 36.8 Å². The van der Waals surface area contributed by atoms with Gasteiger partial charge < -0.3 is 9.84 Å². The third-order valence-electron chi connectivity index (χ3n) is 3.71. The van der Waals surface area contributed by atoms with Gasteiger partial charge in [0.1, 0.15) is 5.82 Å². The molecule has 0 amide bonds. The van der Waals surface area contributed by atoms with Crippen molar-refractivity contribution in [1.82, 2.24) is 0 Å². The van der Waals surface area contributed by atoms with Crippen LogP contribution >= 0.6 is 0 Å². The molecule has 1 aromatic carbocycles. The first-order valence-corrected chi connectivity index (χ1v) is 6.07. The molecular formula is C14H19FO2. The molecule has 1 N–H and O–H groups in total. The lowest BCUT2D eigenvalue weighted by atomic mass is 9.78. The van der Waals surface area contributed by atoms with E-state index in [-0.39, 0.29) is 11.9 Å². The van der Waals surface area contributed by atoms with Crippen LogP contribution in [0.3, 0.4) is 0 Å². The van der Waals surface area contributed by atoms with Gasteiger partial charge in [-0.15, -0.1) is 0 Å². The van der Waals surface area contributed by atoms with Crippen LogP contribution in [0.2, 0.25) is 0 Å². The minimum atomic E-state index is -0.864. The van der Waals surface area contributed by atoms with Gasteiger partial charge >= 0.3 is 0 Å². The van der Waals surface area contributed by atoms with E-state index < -0.39 is 5.60 Å². The van der Waals surface area contributed by atoms with Gasteiger partial charge in [-0.3, -0.25) is 0 Å². The molecule has 3 heteroatoms. The van der Waals surface area contributed by atoms with Crippen LogP contribution in [0.4, 0.5) is 4.39 Å². The van der Waals surface area contributed by atoms with Gasteiger partial charge in [-0.1, -0.05) is 12.1 Å². The first-order valence-electron chi connectivity index (χ1n) is 6.07. The second-order valence-electron chi connectivity index (χ2n) is 4.95. The molecule has 2 unspecified atom stereocenters. The van der Waals surface area contributed by atoms with Gasteiger partial charge in [-0.05, 0) is 43.4 Å². The van der Waals surface area contributed by atoms with Gasteiger partial charge in [-0.2, -0.15) is 0 Å². The normalized spacial score (nSPS) is 29.3. The molecule has 0 heterocycles. The van der Waals surface area contributed by atoms with Gasteiger partial charge in [0.25, 0.3) is 0 Å². The average molecular weight is 238 g/mol. The third kappa shape index (κ3) is 2.50. The highest BCUT2D eigenvalue weighted by atomic mass is 19.1. The molecule has 0 saturated heterocycles. The molecule has 0 radical (unpaired) electrons. The van der Waals surface area contributed by atoms with E-state index in [1.807, 2.05) is 0 Å². The van der Waals surface area contributed by atoms with E-state index in [1.165, 1.54) is 6.07 Å². The fraction of sp³-hybridized carbons (Fsp3) is 0.571. The fourth-order valence-electron chi connectivity index (χ4n) is 2.60. The molecular weight excluding hydrogens is 219 g/mol. The summed E-state index contributed by atoms with van der Waals surface area (Å²) >= 11 is 0.